The van der Waals surface area contributed by atoms with Gasteiger partial charge in [-0.2, -0.15) is 0 Å². The Morgan fingerprint density at radius 1 is 0.676 bits per heavy atom. The zero-order valence-corrected chi connectivity index (χ0v) is 21.6. The van der Waals surface area contributed by atoms with Crippen LogP contribution in [0.4, 0.5) is 0 Å². The molecule has 0 heterocycles. The van der Waals surface area contributed by atoms with Crippen LogP contribution in [0.2, 0.25) is 0 Å². The zero-order chi connectivity index (χ0) is 26.9. The fourth-order valence-corrected chi connectivity index (χ4v) is 4.00. The van der Waals surface area contributed by atoms with Crippen LogP contribution in [0.3, 0.4) is 0 Å². The Labute approximate surface area is 219 Å². The lowest BCUT2D eigenvalue weighted by Gasteiger charge is -2.23. The van der Waals surface area contributed by atoms with Gasteiger partial charge in [0.25, 0.3) is 0 Å². The lowest BCUT2D eigenvalue weighted by atomic mass is 10.0. The highest BCUT2D eigenvalue weighted by Gasteiger charge is 2.26. The van der Waals surface area contributed by atoms with Crippen LogP contribution < -0.4 is 33.2 Å². The topological polar surface area (TPSA) is 165 Å². The van der Waals surface area contributed by atoms with E-state index in [0.717, 1.165) is 29.5 Å². The SMILES string of the molecule is NCCCC[C@H](NC(=O)Cc1ccccc1)C(=O)N[C@@H](CCCCN)C(=O)NCc1cccc(CN)c1. The van der Waals surface area contributed by atoms with E-state index in [9.17, 15) is 14.4 Å². The van der Waals surface area contributed by atoms with Gasteiger partial charge in [0.15, 0.2) is 0 Å². The maximum atomic E-state index is 13.3. The van der Waals surface area contributed by atoms with Crippen molar-refractivity contribution in [3.05, 3.63) is 71.3 Å². The van der Waals surface area contributed by atoms with Gasteiger partial charge in [0.1, 0.15) is 12.1 Å². The van der Waals surface area contributed by atoms with E-state index < -0.39 is 12.1 Å². The average Bonchev–Trinajstić information content (AvgIpc) is 2.91. The Morgan fingerprint density at radius 2 is 1.27 bits per heavy atom. The molecule has 0 aliphatic carbocycles. The summed E-state index contributed by atoms with van der Waals surface area (Å²) in [5, 5.41) is 8.64. The van der Waals surface area contributed by atoms with Crippen molar-refractivity contribution in [2.75, 3.05) is 13.1 Å². The summed E-state index contributed by atoms with van der Waals surface area (Å²) in [5.74, 6) is -0.903. The minimum atomic E-state index is -0.756. The second-order valence-electron chi connectivity index (χ2n) is 9.15. The lowest BCUT2D eigenvalue weighted by molar-refractivity contribution is -0.132. The quantitative estimate of drug-likeness (QED) is 0.175. The Bertz CT molecular complexity index is 969. The van der Waals surface area contributed by atoms with Gasteiger partial charge in [-0.3, -0.25) is 14.4 Å². The van der Waals surface area contributed by atoms with Gasteiger partial charge in [-0.1, -0.05) is 54.6 Å². The highest BCUT2D eigenvalue weighted by atomic mass is 16.2. The van der Waals surface area contributed by atoms with E-state index in [2.05, 4.69) is 16.0 Å². The normalized spacial score (nSPS) is 12.4. The minimum absolute atomic E-state index is 0.170. The smallest absolute Gasteiger partial charge is 0.243 e. The molecule has 2 aromatic rings. The van der Waals surface area contributed by atoms with Gasteiger partial charge >= 0.3 is 0 Å². The average molecular weight is 511 g/mol. The molecule has 2 aromatic carbocycles. The van der Waals surface area contributed by atoms with E-state index in [0.29, 0.717) is 51.9 Å². The van der Waals surface area contributed by atoms with Gasteiger partial charge in [0.2, 0.25) is 17.7 Å². The summed E-state index contributed by atoms with van der Waals surface area (Å²) in [4.78, 5) is 39.0. The molecular weight excluding hydrogens is 468 g/mol. The molecule has 9 heteroatoms. The number of nitrogens with one attached hydrogen (secondary N) is 3. The number of carbonyl (C=O) groups is 3. The molecule has 0 radical (unpaired) electrons. The third-order valence-corrected chi connectivity index (χ3v) is 6.08. The number of unbranched alkanes of at least 4 members (excludes halogenated alkanes) is 2. The Kier molecular flexibility index (Phi) is 14.0. The molecular formula is C28H42N6O3. The van der Waals surface area contributed by atoms with Crippen LogP contribution in [-0.2, 0) is 33.9 Å². The first-order valence-corrected chi connectivity index (χ1v) is 13.1. The summed E-state index contributed by atoms with van der Waals surface area (Å²) in [5.41, 5.74) is 19.7. The van der Waals surface area contributed by atoms with Gasteiger partial charge in [-0.25, -0.2) is 0 Å². The van der Waals surface area contributed by atoms with Crippen molar-refractivity contribution in [1.29, 1.82) is 0 Å². The molecule has 0 aliphatic heterocycles. The van der Waals surface area contributed by atoms with Crippen molar-refractivity contribution < 1.29 is 14.4 Å². The molecule has 0 bridgehead atoms. The third-order valence-electron chi connectivity index (χ3n) is 6.08. The molecule has 0 aliphatic rings. The largest absolute Gasteiger partial charge is 0.350 e. The summed E-state index contributed by atoms with van der Waals surface area (Å²) in [6, 6.07) is 15.5. The van der Waals surface area contributed by atoms with Crippen LogP contribution >= 0.6 is 0 Å². The summed E-state index contributed by atoms with van der Waals surface area (Å²) >= 11 is 0. The summed E-state index contributed by atoms with van der Waals surface area (Å²) in [7, 11) is 0. The number of nitrogens with two attached hydrogens (primary N) is 3. The van der Waals surface area contributed by atoms with E-state index in [-0.39, 0.29) is 24.1 Å². The number of rotatable bonds is 17. The fourth-order valence-electron chi connectivity index (χ4n) is 4.00. The molecule has 0 unspecified atom stereocenters. The van der Waals surface area contributed by atoms with E-state index in [1.165, 1.54) is 0 Å². The first kappa shape index (κ1) is 30.0. The summed E-state index contributed by atoms with van der Waals surface area (Å²) < 4.78 is 0. The van der Waals surface area contributed by atoms with Gasteiger partial charge < -0.3 is 33.2 Å². The third kappa shape index (κ3) is 11.6. The fraction of sp³-hybridized carbons (Fsp3) is 0.464. The molecule has 9 nitrogen and oxygen atoms in total. The van der Waals surface area contributed by atoms with Crippen molar-refractivity contribution in [3.63, 3.8) is 0 Å². The number of amides is 3. The number of hydrogen-bond acceptors (Lipinski definition) is 6. The maximum Gasteiger partial charge on any atom is 0.243 e. The second kappa shape index (κ2) is 17.2. The molecule has 202 valence electrons. The molecule has 0 fully saturated rings. The molecule has 9 N–H and O–H groups in total. The minimum Gasteiger partial charge on any atom is -0.350 e. The van der Waals surface area contributed by atoms with E-state index in [1.54, 1.807) is 0 Å². The number of carbonyl (C=O) groups excluding carboxylic acids is 3. The maximum absolute atomic E-state index is 13.3. The molecule has 0 saturated carbocycles. The van der Waals surface area contributed by atoms with Crippen molar-refractivity contribution in [1.82, 2.24) is 16.0 Å². The van der Waals surface area contributed by atoms with Crippen LogP contribution in [-0.4, -0.2) is 42.9 Å². The zero-order valence-electron chi connectivity index (χ0n) is 21.6. The van der Waals surface area contributed by atoms with Crippen molar-refractivity contribution in [2.24, 2.45) is 17.2 Å². The standard InChI is InChI=1S/C28H42N6O3/c29-15-6-4-13-24(27(36)32-20-23-12-8-11-22(17-23)19-31)34-28(37)25(14-5-7-16-30)33-26(35)18-21-9-2-1-3-10-21/h1-3,8-12,17,24-25H,4-7,13-16,18-20,29-31H2,(H,32,36)(H,33,35)(H,34,37)/t24-,25-/m0/s1. The van der Waals surface area contributed by atoms with Crippen LogP contribution in [0.25, 0.3) is 0 Å². The van der Waals surface area contributed by atoms with Crippen LogP contribution in [0.5, 0.6) is 0 Å². The van der Waals surface area contributed by atoms with E-state index >= 15 is 0 Å². The first-order chi connectivity index (χ1) is 18.0. The summed E-state index contributed by atoms with van der Waals surface area (Å²) in [6.07, 6.45) is 3.91. The van der Waals surface area contributed by atoms with Crippen molar-refractivity contribution in [3.8, 4) is 0 Å². The molecule has 37 heavy (non-hydrogen) atoms. The number of hydrogen-bond donors (Lipinski definition) is 6. The second-order valence-corrected chi connectivity index (χ2v) is 9.15. The Balaban J connectivity index is 2.05. The highest BCUT2D eigenvalue weighted by Crippen LogP contribution is 2.08. The van der Waals surface area contributed by atoms with Crippen molar-refractivity contribution >= 4 is 17.7 Å². The molecule has 2 rings (SSSR count). The molecule has 2 atom stereocenters. The predicted octanol–water partition coefficient (Wildman–Crippen LogP) is 1.23. The van der Waals surface area contributed by atoms with E-state index in [1.807, 2.05) is 54.6 Å². The van der Waals surface area contributed by atoms with Gasteiger partial charge in [0.05, 0.1) is 6.42 Å². The van der Waals surface area contributed by atoms with Crippen LogP contribution in [0.15, 0.2) is 54.6 Å². The summed E-state index contributed by atoms with van der Waals surface area (Å²) in [6.45, 7) is 1.75. The monoisotopic (exact) mass is 510 g/mol. The predicted molar refractivity (Wildman–Crippen MR) is 146 cm³/mol. The van der Waals surface area contributed by atoms with Crippen molar-refractivity contribution in [2.45, 2.75) is 70.1 Å². The molecule has 0 aromatic heterocycles. The van der Waals surface area contributed by atoms with Crippen LogP contribution in [0, 0.1) is 0 Å². The Morgan fingerprint density at radius 3 is 1.89 bits per heavy atom. The van der Waals surface area contributed by atoms with E-state index in [4.69, 9.17) is 17.2 Å². The van der Waals surface area contributed by atoms with Crippen LogP contribution in [0.1, 0.15) is 55.2 Å². The molecule has 3 amide bonds. The van der Waals surface area contributed by atoms with Gasteiger partial charge in [-0.15, -0.1) is 0 Å². The first-order valence-electron chi connectivity index (χ1n) is 13.1. The number of benzene rings is 2. The molecule has 0 saturated heterocycles. The lowest BCUT2D eigenvalue weighted by Crippen LogP contribution is -2.53. The Hall–Kier alpha value is -3.27. The molecule has 0 spiro atoms. The van der Waals surface area contributed by atoms with Gasteiger partial charge in [-0.05, 0) is 68.3 Å². The van der Waals surface area contributed by atoms with Gasteiger partial charge in [0, 0.05) is 13.1 Å². The highest BCUT2D eigenvalue weighted by molar-refractivity contribution is 5.92.